The van der Waals surface area contributed by atoms with Crippen molar-refractivity contribution >= 4 is 34.9 Å². The van der Waals surface area contributed by atoms with E-state index in [1.807, 2.05) is 13.0 Å². The van der Waals surface area contributed by atoms with Crippen molar-refractivity contribution in [1.29, 1.82) is 0 Å². The number of nitrogens with zero attached hydrogens (tertiary/aromatic N) is 3. The quantitative estimate of drug-likeness (QED) is 0.342. The highest BCUT2D eigenvalue weighted by Gasteiger charge is 2.34. The summed E-state index contributed by atoms with van der Waals surface area (Å²) >= 11 is 0. The SMILES string of the molecule is Cc1cccc(NC(=O)NC2N=C(c3ccccc3F)c3ccccc3N(Cc3ncccc3C(N)=O)C2=O)c1. The van der Waals surface area contributed by atoms with E-state index in [-0.39, 0.29) is 29.1 Å². The molecule has 4 N–H and O–H groups in total. The normalized spacial score (nSPS) is 14.6. The van der Waals surface area contributed by atoms with Crippen LogP contribution in [0.1, 0.15) is 32.7 Å². The number of aryl methyl sites for hydroxylation is 1. The molecule has 0 aliphatic carbocycles. The molecule has 5 rings (SSSR count). The van der Waals surface area contributed by atoms with E-state index in [4.69, 9.17) is 5.73 Å². The van der Waals surface area contributed by atoms with Gasteiger partial charge < -0.3 is 21.3 Å². The molecule has 1 aromatic heterocycles. The molecule has 2 heterocycles. The van der Waals surface area contributed by atoms with Crippen molar-refractivity contribution in [1.82, 2.24) is 10.3 Å². The van der Waals surface area contributed by atoms with Gasteiger partial charge in [0.2, 0.25) is 6.17 Å². The van der Waals surface area contributed by atoms with E-state index in [0.29, 0.717) is 16.9 Å². The van der Waals surface area contributed by atoms with E-state index in [2.05, 4.69) is 20.6 Å². The van der Waals surface area contributed by atoms with Gasteiger partial charge in [-0.1, -0.05) is 42.5 Å². The third kappa shape index (κ3) is 5.41. The number of benzene rings is 3. The fraction of sp³-hybridized carbons (Fsp3) is 0.100. The second kappa shape index (κ2) is 11.2. The number of urea groups is 1. The first kappa shape index (κ1) is 26.2. The minimum Gasteiger partial charge on any atom is -0.366 e. The average Bonchev–Trinajstić information content (AvgIpc) is 3.04. The Kier molecular flexibility index (Phi) is 7.32. The van der Waals surface area contributed by atoms with Gasteiger partial charge in [-0.25, -0.2) is 14.2 Å². The Morgan fingerprint density at radius 3 is 2.48 bits per heavy atom. The molecular formula is C30H25FN6O3. The summed E-state index contributed by atoms with van der Waals surface area (Å²) < 4.78 is 15.1. The number of fused-ring (bicyclic) bond motifs is 1. The molecule has 200 valence electrons. The van der Waals surface area contributed by atoms with Crippen LogP contribution in [0.15, 0.2) is 96.1 Å². The maximum absolute atomic E-state index is 15.1. The number of halogens is 1. The number of para-hydroxylation sites is 1. The number of hydrogen-bond acceptors (Lipinski definition) is 5. The number of carbonyl (C=O) groups is 3. The Bertz CT molecular complexity index is 1650. The fourth-order valence-corrected chi connectivity index (χ4v) is 4.51. The molecule has 1 unspecified atom stereocenters. The zero-order valence-corrected chi connectivity index (χ0v) is 21.5. The number of primary amides is 1. The zero-order chi connectivity index (χ0) is 28.2. The van der Waals surface area contributed by atoms with E-state index >= 15 is 4.39 Å². The summed E-state index contributed by atoms with van der Waals surface area (Å²) in [5, 5.41) is 5.33. The van der Waals surface area contributed by atoms with Crippen molar-refractivity contribution < 1.29 is 18.8 Å². The van der Waals surface area contributed by atoms with Gasteiger partial charge in [-0.3, -0.25) is 14.6 Å². The number of hydrogen-bond donors (Lipinski definition) is 3. The minimum atomic E-state index is -1.44. The van der Waals surface area contributed by atoms with E-state index in [1.165, 1.54) is 23.2 Å². The molecule has 3 aromatic carbocycles. The molecule has 0 fully saturated rings. The molecule has 10 heteroatoms. The predicted octanol–water partition coefficient (Wildman–Crippen LogP) is 4.16. The molecule has 1 aliphatic heterocycles. The van der Waals surface area contributed by atoms with E-state index in [0.717, 1.165) is 5.56 Å². The standard InChI is InChI=1S/C30H25FN6O3/c1-18-8-6-9-19(16-18)34-30(40)36-28-29(39)37(17-24-21(27(32)38)12-7-15-33-24)25-14-5-3-11-22(25)26(35-28)20-10-2-4-13-23(20)31/h2-16,28H,17H2,1H3,(H2,32,38)(H2,34,36,40). The highest BCUT2D eigenvalue weighted by molar-refractivity contribution is 6.20. The Labute approximate surface area is 229 Å². The van der Waals surface area contributed by atoms with Gasteiger partial charge in [0.1, 0.15) is 5.82 Å². The van der Waals surface area contributed by atoms with Crippen LogP contribution in [0, 0.1) is 12.7 Å². The topological polar surface area (TPSA) is 130 Å². The molecule has 0 radical (unpaired) electrons. The van der Waals surface area contributed by atoms with Crippen LogP contribution in [0.3, 0.4) is 0 Å². The van der Waals surface area contributed by atoms with Crippen molar-refractivity contribution in [2.24, 2.45) is 10.7 Å². The van der Waals surface area contributed by atoms with Crippen LogP contribution in [-0.2, 0) is 11.3 Å². The summed E-state index contributed by atoms with van der Waals surface area (Å²) in [5.74, 6) is -1.85. The Hall–Kier alpha value is -5.38. The number of amides is 4. The molecule has 4 amide bonds. The number of aliphatic imine (C=N–C) groups is 1. The van der Waals surface area contributed by atoms with E-state index < -0.39 is 29.8 Å². The fourth-order valence-electron chi connectivity index (χ4n) is 4.51. The second-order valence-electron chi connectivity index (χ2n) is 9.13. The molecule has 4 aromatic rings. The maximum Gasteiger partial charge on any atom is 0.321 e. The summed E-state index contributed by atoms with van der Waals surface area (Å²) in [7, 11) is 0. The molecule has 0 saturated carbocycles. The molecule has 0 spiro atoms. The van der Waals surface area contributed by atoms with E-state index in [9.17, 15) is 14.4 Å². The van der Waals surface area contributed by atoms with Crippen molar-refractivity contribution in [2.45, 2.75) is 19.6 Å². The summed E-state index contributed by atoms with van der Waals surface area (Å²) in [6.07, 6.45) is 0.0509. The van der Waals surface area contributed by atoms with Crippen LogP contribution in [0.25, 0.3) is 0 Å². The molecular weight excluding hydrogens is 511 g/mol. The van der Waals surface area contributed by atoms with Crippen LogP contribution in [-0.4, -0.2) is 34.7 Å². The average molecular weight is 537 g/mol. The lowest BCUT2D eigenvalue weighted by Gasteiger charge is -2.25. The number of carbonyl (C=O) groups excluding carboxylic acids is 3. The van der Waals surface area contributed by atoms with Gasteiger partial charge >= 0.3 is 6.03 Å². The number of benzodiazepines with no additional fused rings is 1. The summed E-state index contributed by atoms with van der Waals surface area (Å²) in [5.41, 5.74) is 8.63. The van der Waals surface area contributed by atoms with Crippen LogP contribution in [0.4, 0.5) is 20.6 Å². The van der Waals surface area contributed by atoms with Gasteiger partial charge in [-0.05, 0) is 55.0 Å². The zero-order valence-electron chi connectivity index (χ0n) is 21.5. The summed E-state index contributed by atoms with van der Waals surface area (Å²) in [6.45, 7) is 1.74. The molecule has 9 nitrogen and oxygen atoms in total. The summed E-state index contributed by atoms with van der Waals surface area (Å²) in [4.78, 5) is 49.4. The van der Waals surface area contributed by atoms with Crippen molar-refractivity contribution in [3.63, 3.8) is 0 Å². The number of anilines is 2. The smallest absolute Gasteiger partial charge is 0.321 e. The molecule has 1 aliphatic rings. The van der Waals surface area contributed by atoms with Crippen molar-refractivity contribution in [3.05, 3.63) is 125 Å². The first-order chi connectivity index (χ1) is 19.3. The first-order valence-electron chi connectivity index (χ1n) is 12.4. The lowest BCUT2D eigenvalue weighted by molar-refractivity contribution is -0.120. The summed E-state index contributed by atoms with van der Waals surface area (Å²) in [6, 6.07) is 22.5. The molecule has 1 atom stereocenters. The third-order valence-electron chi connectivity index (χ3n) is 6.34. The van der Waals surface area contributed by atoms with Gasteiger partial charge in [0.25, 0.3) is 11.8 Å². The van der Waals surface area contributed by atoms with E-state index in [1.54, 1.807) is 66.7 Å². The highest BCUT2D eigenvalue weighted by Crippen LogP contribution is 2.30. The minimum absolute atomic E-state index is 0.146. The maximum atomic E-state index is 15.1. The lowest BCUT2D eigenvalue weighted by atomic mass is 9.99. The van der Waals surface area contributed by atoms with Crippen LogP contribution < -0.4 is 21.3 Å². The highest BCUT2D eigenvalue weighted by atomic mass is 19.1. The van der Waals surface area contributed by atoms with Crippen molar-refractivity contribution in [3.8, 4) is 0 Å². The largest absolute Gasteiger partial charge is 0.366 e. The molecule has 0 bridgehead atoms. The van der Waals surface area contributed by atoms with Gasteiger partial charge in [0.05, 0.1) is 29.2 Å². The monoisotopic (exact) mass is 536 g/mol. The van der Waals surface area contributed by atoms with Gasteiger partial charge in [0.15, 0.2) is 0 Å². The second-order valence-corrected chi connectivity index (χ2v) is 9.13. The van der Waals surface area contributed by atoms with Crippen molar-refractivity contribution in [2.75, 3.05) is 10.2 Å². The molecule has 40 heavy (non-hydrogen) atoms. The number of nitrogens with one attached hydrogen (secondary N) is 2. The third-order valence-corrected chi connectivity index (χ3v) is 6.34. The molecule has 0 saturated heterocycles. The van der Waals surface area contributed by atoms with Crippen LogP contribution >= 0.6 is 0 Å². The Morgan fingerprint density at radius 1 is 0.975 bits per heavy atom. The Balaban J connectivity index is 1.60. The van der Waals surface area contributed by atoms with Crippen LogP contribution in [0.2, 0.25) is 0 Å². The van der Waals surface area contributed by atoms with Gasteiger partial charge in [-0.2, -0.15) is 0 Å². The van der Waals surface area contributed by atoms with Crippen LogP contribution in [0.5, 0.6) is 0 Å². The Morgan fingerprint density at radius 2 is 1.73 bits per heavy atom. The predicted molar refractivity (Wildman–Crippen MR) is 150 cm³/mol. The lowest BCUT2D eigenvalue weighted by Crippen LogP contribution is -2.48. The number of nitrogens with two attached hydrogens (primary N) is 1. The number of pyridine rings is 1. The number of aromatic nitrogens is 1. The van der Waals surface area contributed by atoms with Gasteiger partial charge in [0, 0.05) is 23.0 Å². The first-order valence-corrected chi connectivity index (χ1v) is 12.4. The van der Waals surface area contributed by atoms with Gasteiger partial charge in [-0.15, -0.1) is 0 Å². The number of rotatable bonds is 6.